The number of carbonyl (C=O) groups excluding carboxylic acids is 1. The molecule has 0 atom stereocenters. The van der Waals surface area contributed by atoms with Crippen molar-refractivity contribution < 1.29 is 27.1 Å². The number of pyridine rings is 1. The number of fused-ring (bicyclic) bond motifs is 1. The van der Waals surface area contributed by atoms with Crippen LogP contribution in [0.5, 0.6) is 0 Å². The van der Waals surface area contributed by atoms with Crippen LogP contribution in [0.4, 0.5) is 19.0 Å². The van der Waals surface area contributed by atoms with Crippen LogP contribution in [0.25, 0.3) is 45.2 Å². The van der Waals surface area contributed by atoms with Gasteiger partial charge >= 0.3 is 12.1 Å². The average Bonchev–Trinajstić information content (AvgIpc) is 3.61. The molecule has 14 heteroatoms. The molecular weight excluding hydrogens is 553 g/mol. The van der Waals surface area contributed by atoms with E-state index in [1.165, 1.54) is 6.33 Å². The Hall–Kier alpha value is -5.76. The van der Waals surface area contributed by atoms with Crippen LogP contribution in [0.3, 0.4) is 0 Å². The molecule has 11 nitrogen and oxygen atoms in total. The second-order valence-electron chi connectivity index (χ2n) is 8.98. The number of hydrogen-bond acceptors (Lipinski definition) is 10. The standard InChI is InChI=1S/C28H19F3N8O3/c1-39-14-35-38-25(39)18-5-4-15(13-33)8-19(18)16-10-22(36-23(12-16)34-7-3-6-32)26-37-21-11-17(27(40)41-2)9-20(24(21)42-26)28(29,30)31/h4-5,8-12,14H,3,7H2,1-2H3,(H,34,36). The molecule has 210 valence electrons. The van der Waals surface area contributed by atoms with Gasteiger partial charge in [-0.05, 0) is 53.6 Å². The summed E-state index contributed by atoms with van der Waals surface area (Å²) in [6.45, 7) is 0.231. The number of hydrogen-bond donors (Lipinski definition) is 1. The molecule has 0 bridgehead atoms. The van der Waals surface area contributed by atoms with E-state index in [0.29, 0.717) is 34.1 Å². The Morgan fingerprint density at radius 2 is 1.93 bits per heavy atom. The Labute approximate surface area is 235 Å². The molecular formula is C28H19F3N8O3. The average molecular weight is 573 g/mol. The fourth-order valence-corrected chi connectivity index (χ4v) is 4.30. The number of ether oxygens (including phenoxy) is 1. The molecule has 42 heavy (non-hydrogen) atoms. The molecule has 0 aliphatic carbocycles. The molecule has 5 aromatic rings. The van der Waals surface area contributed by atoms with Gasteiger partial charge in [-0.25, -0.2) is 14.8 Å². The summed E-state index contributed by atoms with van der Waals surface area (Å²) in [5, 5.41) is 29.7. The lowest BCUT2D eigenvalue weighted by Gasteiger charge is -2.13. The summed E-state index contributed by atoms with van der Waals surface area (Å²) >= 11 is 0. The maximum absolute atomic E-state index is 14.0. The third-order valence-corrected chi connectivity index (χ3v) is 6.22. The number of benzene rings is 2. The van der Waals surface area contributed by atoms with Gasteiger partial charge in [-0.3, -0.25) is 0 Å². The van der Waals surface area contributed by atoms with Gasteiger partial charge in [0.1, 0.15) is 28.9 Å². The van der Waals surface area contributed by atoms with Crippen LogP contribution in [0.2, 0.25) is 0 Å². The molecule has 1 N–H and O–H groups in total. The Morgan fingerprint density at radius 3 is 2.60 bits per heavy atom. The van der Waals surface area contributed by atoms with Crippen LogP contribution < -0.4 is 5.32 Å². The fraction of sp³-hybridized carbons (Fsp3) is 0.179. The van der Waals surface area contributed by atoms with Gasteiger partial charge in [0.2, 0.25) is 5.89 Å². The highest BCUT2D eigenvalue weighted by atomic mass is 19.4. The SMILES string of the molecule is COC(=O)c1cc(C(F)(F)F)c2oc(-c3cc(-c4cc(C#N)ccc4-c4nncn4C)cc(NCCC#N)n3)nc2c1. The first-order valence-electron chi connectivity index (χ1n) is 12.2. The zero-order valence-electron chi connectivity index (χ0n) is 22.0. The summed E-state index contributed by atoms with van der Waals surface area (Å²) in [6, 6.07) is 14.1. The highest BCUT2D eigenvalue weighted by Gasteiger charge is 2.36. The molecule has 0 unspecified atom stereocenters. The van der Waals surface area contributed by atoms with E-state index in [2.05, 4.69) is 36.3 Å². The summed E-state index contributed by atoms with van der Waals surface area (Å²) < 4.78 is 53.8. The first-order valence-corrected chi connectivity index (χ1v) is 12.2. The summed E-state index contributed by atoms with van der Waals surface area (Å²) in [5.41, 5.74) is -0.273. The van der Waals surface area contributed by atoms with Crippen LogP contribution in [0.1, 0.15) is 27.9 Å². The van der Waals surface area contributed by atoms with Gasteiger partial charge in [0.15, 0.2) is 11.4 Å². The Kier molecular flexibility index (Phi) is 7.29. The van der Waals surface area contributed by atoms with E-state index in [9.17, 15) is 23.2 Å². The summed E-state index contributed by atoms with van der Waals surface area (Å²) in [4.78, 5) is 20.8. The Morgan fingerprint density at radius 1 is 1.12 bits per heavy atom. The number of oxazole rings is 1. The fourth-order valence-electron chi connectivity index (χ4n) is 4.30. The molecule has 0 spiro atoms. The van der Waals surface area contributed by atoms with E-state index >= 15 is 0 Å². The normalized spacial score (nSPS) is 11.2. The first kappa shape index (κ1) is 27.8. The van der Waals surface area contributed by atoms with E-state index < -0.39 is 23.3 Å². The molecule has 5 rings (SSSR count). The number of anilines is 1. The zero-order chi connectivity index (χ0) is 30.0. The number of nitriles is 2. The molecule has 0 aliphatic rings. The van der Waals surface area contributed by atoms with Crippen LogP contribution in [0, 0.1) is 22.7 Å². The summed E-state index contributed by atoms with van der Waals surface area (Å²) in [5.74, 6) is -0.444. The highest BCUT2D eigenvalue weighted by molar-refractivity contribution is 5.95. The quantitative estimate of drug-likeness (QED) is 0.199. The number of alkyl halides is 3. The Balaban J connectivity index is 1.74. The van der Waals surface area contributed by atoms with Crippen molar-refractivity contribution >= 4 is 22.9 Å². The van der Waals surface area contributed by atoms with Crippen LogP contribution in [-0.2, 0) is 18.0 Å². The molecule has 0 saturated carbocycles. The van der Waals surface area contributed by atoms with E-state index in [-0.39, 0.29) is 41.4 Å². The van der Waals surface area contributed by atoms with Crippen molar-refractivity contribution in [1.29, 1.82) is 10.5 Å². The number of aryl methyl sites for hydroxylation is 1. The van der Waals surface area contributed by atoms with Gasteiger partial charge in [0.25, 0.3) is 0 Å². The molecule has 0 fully saturated rings. The zero-order valence-corrected chi connectivity index (χ0v) is 22.0. The van der Waals surface area contributed by atoms with Gasteiger partial charge in [0, 0.05) is 19.2 Å². The number of carbonyl (C=O) groups is 1. The molecule has 0 radical (unpaired) electrons. The Bertz CT molecular complexity index is 1910. The number of nitrogens with zero attached hydrogens (tertiary/aromatic N) is 7. The minimum atomic E-state index is -4.86. The van der Waals surface area contributed by atoms with Gasteiger partial charge in [0.05, 0.1) is 36.8 Å². The minimum Gasteiger partial charge on any atom is -0.465 e. The lowest BCUT2D eigenvalue weighted by molar-refractivity contribution is -0.136. The van der Waals surface area contributed by atoms with E-state index in [4.69, 9.17) is 9.68 Å². The second kappa shape index (κ2) is 11.0. The van der Waals surface area contributed by atoms with Crippen LogP contribution >= 0.6 is 0 Å². The van der Waals surface area contributed by atoms with Crippen molar-refractivity contribution in [3.05, 3.63) is 65.5 Å². The smallest absolute Gasteiger partial charge is 0.420 e. The third kappa shape index (κ3) is 5.33. The second-order valence-corrected chi connectivity index (χ2v) is 8.98. The van der Waals surface area contributed by atoms with E-state index in [1.807, 2.05) is 6.07 Å². The maximum atomic E-state index is 14.0. The van der Waals surface area contributed by atoms with Gasteiger partial charge < -0.3 is 19.0 Å². The molecule has 3 heterocycles. The van der Waals surface area contributed by atoms with Crippen molar-refractivity contribution in [2.45, 2.75) is 12.6 Å². The van der Waals surface area contributed by atoms with E-state index in [0.717, 1.165) is 13.2 Å². The molecule has 0 saturated heterocycles. The number of rotatable bonds is 7. The molecule has 3 aromatic heterocycles. The maximum Gasteiger partial charge on any atom is 0.420 e. The minimum absolute atomic E-state index is 0.0576. The first-order chi connectivity index (χ1) is 20.1. The van der Waals surface area contributed by atoms with Gasteiger partial charge in [-0.2, -0.15) is 23.7 Å². The molecule has 0 amide bonds. The van der Waals surface area contributed by atoms with E-state index in [1.54, 1.807) is 41.9 Å². The van der Waals surface area contributed by atoms with Crippen molar-refractivity contribution in [1.82, 2.24) is 24.7 Å². The van der Waals surface area contributed by atoms with Crippen molar-refractivity contribution in [3.8, 4) is 46.2 Å². The lowest BCUT2D eigenvalue weighted by atomic mass is 9.96. The predicted molar refractivity (Wildman–Crippen MR) is 142 cm³/mol. The van der Waals surface area contributed by atoms with Crippen LogP contribution in [-0.4, -0.2) is 44.4 Å². The lowest BCUT2D eigenvalue weighted by Crippen LogP contribution is -2.09. The van der Waals surface area contributed by atoms with Gasteiger partial charge in [-0.15, -0.1) is 10.2 Å². The topological polar surface area (TPSA) is 156 Å². The number of halogens is 3. The third-order valence-electron chi connectivity index (χ3n) is 6.22. The molecule has 0 aliphatic heterocycles. The van der Waals surface area contributed by atoms with Crippen LogP contribution in [0.15, 0.2) is 53.2 Å². The predicted octanol–water partition coefficient (Wildman–Crippen LogP) is 5.35. The highest BCUT2D eigenvalue weighted by Crippen LogP contribution is 2.39. The summed E-state index contributed by atoms with van der Waals surface area (Å²) in [6.07, 6.45) is -3.19. The van der Waals surface area contributed by atoms with Crippen molar-refractivity contribution in [2.75, 3.05) is 19.0 Å². The largest absolute Gasteiger partial charge is 0.465 e. The number of nitrogens with one attached hydrogen (secondary N) is 1. The number of esters is 1. The monoisotopic (exact) mass is 572 g/mol. The number of methoxy groups -OCH3 is 1. The van der Waals surface area contributed by atoms with Gasteiger partial charge in [-0.1, -0.05) is 0 Å². The van der Waals surface area contributed by atoms with Crippen molar-refractivity contribution in [2.24, 2.45) is 7.05 Å². The van der Waals surface area contributed by atoms with Crippen molar-refractivity contribution in [3.63, 3.8) is 0 Å². The summed E-state index contributed by atoms with van der Waals surface area (Å²) in [7, 11) is 2.81. The number of aromatic nitrogens is 5. The molecule has 2 aromatic carbocycles.